The zero-order valence-electron chi connectivity index (χ0n) is 15.7. The van der Waals surface area contributed by atoms with Gasteiger partial charge >= 0.3 is 0 Å². The zero-order chi connectivity index (χ0) is 19.2. The molecule has 27 heavy (non-hydrogen) atoms. The van der Waals surface area contributed by atoms with Crippen molar-refractivity contribution in [2.24, 2.45) is 0 Å². The molecule has 7 heteroatoms. The van der Waals surface area contributed by atoms with Gasteiger partial charge in [0.1, 0.15) is 4.83 Å². The molecule has 3 rings (SSSR count). The van der Waals surface area contributed by atoms with Crippen molar-refractivity contribution in [2.45, 2.75) is 63.6 Å². The first-order chi connectivity index (χ1) is 13.2. The number of thiophene rings is 1. The lowest BCUT2D eigenvalue weighted by Crippen LogP contribution is -2.27. The number of hydrogen-bond acceptors (Lipinski definition) is 5. The van der Waals surface area contributed by atoms with Gasteiger partial charge in [-0.2, -0.15) is 0 Å². The summed E-state index contributed by atoms with van der Waals surface area (Å²) in [5.41, 5.74) is 1.26. The molecule has 1 N–H and O–H groups in total. The lowest BCUT2D eigenvalue weighted by atomic mass is 10.2. The number of unbranched alkanes of at least 4 members (excludes halogenated alkanes) is 3. The van der Waals surface area contributed by atoms with E-state index in [0.717, 1.165) is 55.2 Å². The molecule has 0 aliphatic heterocycles. The lowest BCUT2D eigenvalue weighted by Gasteiger charge is -2.12. The van der Waals surface area contributed by atoms with Gasteiger partial charge in [0.05, 0.1) is 17.7 Å². The lowest BCUT2D eigenvalue weighted by molar-refractivity contribution is -0.118. The van der Waals surface area contributed by atoms with E-state index in [4.69, 9.17) is 11.4 Å². The van der Waals surface area contributed by atoms with E-state index in [0.29, 0.717) is 11.7 Å². The molecule has 0 saturated heterocycles. The molecule has 0 spiro atoms. The molecule has 0 radical (unpaired) electrons. The van der Waals surface area contributed by atoms with Gasteiger partial charge in [0, 0.05) is 11.4 Å². The number of thioether (sulfide) groups is 1. The van der Waals surface area contributed by atoms with Crippen molar-refractivity contribution >= 4 is 39.2 Å². The molecule has 2 aromatic rings. The fourth-order valence-electron chi connectivity index (χ4n) is 3.39. The molecule has 2 aromatic heterocycles. The Morgan fingerprint density at radius 3 is 3.00 bits per heavy atom. The number of carbonyl (C=O) groups is 1. The van der Waals surface area contributed by atoms with Crippen LogP contribution in [0.5, 0.6) is 0 Å². The highest BCUT2D eigenvalue weighted by Crippen LogP contribution is 2.35. The van der Waals surface area contributed by atoms with Gasteiger partial charge in [0.25, 0.3) is 5.56 Å². The second kappa shape index (κ2) is 9.43. The highest BCUT2D eigenvalue weighted by atomic mass is 32.2. The first kappa shape index (κ1) is 20.0. The predicted octanol–water partition coefficient (Wildman–Crippen LogP) is 3.37. The maximum Gasteiger partial charge on any atom is 0.263 e. The summed E-state index contributed by atoms with van der Waals surface area (Å²) in [5.74, 6) is 2.46. The first-order valence-corrected chi connectivity index (χ1v) is 11.3. The van der Waals surface area contributed by atoms with Crippen LogP contribution in [0.1, 0.15) is 49.5 Å². The minimum atomic E-state index is -0.140. The maximum atomic E-state index is 13.2. The van der Waals surface area contributed by atoms with E-state index in [-0.39, 0.29) is 23.8 Å². The Morgan fingerprint density at radius 1 is 1.37 bits per heavy atom. The highest BCUT2D eigenvalue weighted by Gasteiger charge is 2.23. The largest absolute Gasteiger partial charge is 0.344 e. The van der Waals surface area contributed by atoms with Crippen LogP contribution in [0.3, 0.4) is 0 Å². The minimum absolute atomic E-state index is 0.0578. The minimum Gasteiger partial charge on any atom is -0.344 e. The van der Waals surface area contributed by atoms with Crippen LogP contribution in [-0.4, -0.2) is 27.8 Å². The highest BCUT2D eigenvalue weighted by molar-refractivity contribution is 7.99. The van der Waals surface area contributed by atoms with Crippen molar-refractivity contribution in [2.75, 3.05) is 12.3 Å². The van der Waals surface area contributed by atoms with Gasteiger partial charge in [-0.05, 0) is 31.2 Å². The number of fused-ring (bicyclic) bond motifs is 3. The number of aromatic nitrogens is 2. The molecule has 0 bridgehead atoms. The van der Waals surface area contributed by atoms with E-state index in [1.54, 1.807) is 15.9 Å². The van der Waals surface area contributed by atoms with E-state index in [2.05, 4.69) is 18.2 Å². The van der Waals surface area contributed by atoms with E-state index in [9.17, 15) is 9.59 Å². The van der Waals surface area contributed by atoms with Gasteiger partial charge in [-0.3, -0.25) is 14.2 Å². The molecular weight excluding hydrogens is 378 g/mol. The summed E-state index contributed by atoms with van der Waals surface area (Å²) in [6, 6.07) is 0. The second-order valence-corrected chi connectivity index (χ2v) is 8.74. The molecule has 0 aromatic carbocycles. The Kier molecular flexibility index (Phi) is 6.97. The number of terminal acetylenes is 1. The molecular formula is C20H25N3O2S2. The topological polar surface area (TPSA) is 64.0 Å². The van der Waals surface area contributed by atoms with Crippen molar-refractivity contribution in [3.05, 3.63) is 20.8 Å². The monoisotopic (exact) mass is 403 g/mol. The van der Waals surface area contributed by atoms with Crippen LogP contribution in [0.15, 0.2) is 9.95 Å². The number of hydrogen-bond donors (Lipinski definition) is 1. The van der Waals surface area contributed by atoms with Crippen LogP contribution in [0.25, 0.3) is 10.2 Å². The number of nitrogens with zero attached hydrogens (tertiary/aromatic N) is 2. The van der Waals surface area contributed by atoms with Crippen molar-refractivity contribution in [3.8, 4) is 12.3 Å². The molecule has 0 unspecified atom stereocenters. The van der Waals surface area contributed by atoms with Gasteiger partial charge in [-0.25, -0.2) is 4.98 Å². The summed E-state index contributed by atoms with van der Waals surface area (Å²) in [4.78, 5) is 32.0. The van der Waals surface area contributed by atoms with E-state index in [1.165, 1.54) is 22.2 Å². The average Bonchev–Trinajstić information content (AvgIpc) is 3.24. The Hall–Kier alpha value is -1.78. The van der Waals surface area contributed by atoms with E-state index in [1.807, 2.05) is 0 Å². The van der Waals surface area contributed by atoms with Crippen LogP contribution in [-0.2, 0) is 24.2 Å². The predicted molar refractivity (Wildman–Crippen MR) is 113 cm³/mol. The van der Waals surface area contributed by atoms with E-state index >= 15 is 0 Å². The fourth-order valence-corrected chi connectivity index (χ4v) is 5.55. The number of carbonyl (C=O) groups excluding carboxylic acids is 1. The van der Waals surface area contributed by atoms with Gasteiger partial charge < -0.3 is 5.32 Å². The fraction of sp³-hybridized carbons (Fsp3) is 0.550. The van der Waals surface area contributed by atoms with Gasteiger partial charge in [0.15, 0.2) is 5.16 Å². The SMILES string of the molecule is C#CCNC(=O)CSc1nc2sc3c(c2c(=O)n1CCCCCC)CCC3. The van der Waals surface area contributed by atoms with Crippen LogP contribution in [0, 0.1) is 12.3 Å². The van der Waals surface area contributed by atoms with Gasteiger partial charge in [-0.15, -0.1) is 17.8 Å². The smallest absolute Gasteiger partial charge is 0.263 e. The summed E-state index contributed by atoms with van der Waals surface area (Å²) < 4.78 is 1.78. The van der Waals surface area contributed by atoms with E-state index < -0.39 is 0 Å². The van der Waals surface area contributed by atoms with Gasteiger partial charge in [0.2, 0.25) is 5.91 Å². The second-order valence-electron chi connectivity index (χ2n) is 6.72. The maximum absolute atomic E-state index is 13.2. The van der Waals surface area contributed by atoms with Crippen molar-refractivity contribution in [3.63, 3.8) is 0 Å². The van der Waals surface area contributed by atoms with Crippen LogP contribution < -0.4 is 10.9 Å². The van der Waals surface area contributed by atoms with Crippen LogP contribution in [0.4, 0.5) is 0 Å². The summed E-state index contributed by atoms with van der Waals surface area (Å²) in [5, 5.41) is 4.10. The standard InChI is InChI=1S/C20H25N3O2S2/c1-3-5-6-7-12-23-19(25)17-14-9-8-10-15(14)27-18(17)22-20(23)26-13-16(24)21-11-4-2/h2H,3,5-13H2,1H3,(H,21,24). The third-order valence-corrected chi connectivity index (χ3v) is 6.91. The molecule has 0 atom stereocenters. The van der Waals surface area contributed by atoms with Gasteiger partial charge in [-0.1, -0.05) is 43.9 Å². The third-order valence-electron chi connectivity index (χ3n) is 4.75. The van der Waals surface area contributed by atoms with Crippen molar-refractivity contribution in [1.29, 1.82) is 0 Å². The molecule has 1 aliphatic carbocycles. The van der Waals surface area contributed by atoms with Crippen molar-refractivity contribution in [1.82, 2.24) is 14.9 Å². The Morgan fingerprint density at radius 2 is 2.22 bits per heavy atom. The number of rotatable bonds is 9. The number of amides is 1. The van der Waals surface area contributed by atoms with Crippen molar-refractivity contribution < 1.29 is 4.79 Å². The Bertz CT molecular complexity index is 924. The summed E-state index contributed by atoms with van der Waals surface area (Å²) in [6.07, 6.45) is 12.7. The molecule has 144 valence electrons. The Labute approximate surface area is 168 Å². The first-order valence-electron chi connectivity index (χ1n) is 9.53. The van der Waals surface area contributed by atoms with Crippen LogP contribution in [0.2, 0.25) is 0 Å². The summed E-state index contributed by atoms with van der Waals surface area (Å²) in [6.45, 7) is 3.04. The molecule has 5 nitrogen and oxygen atoms in total. The average molecular weight is 404 g/mol. The molecule has 2 heterocycles. The number of aryl methyl sites for hydroxylation is 2. The molecule has 0 saturated carbocycles. The van der Waals surface area contributed by atoms with Crippen LogP contribution >= 0.6 is 23.1 Å². The third kappa shape index (κ3) is 4.56. The normalized spacial score (nSPS) is 12.9. The quantitative estimate of drug-likeness (QED) is 0.302. The zero-order valence-corrected chi connectivity index (χ0v) is 17.3. The number of nitrogens with one attached hydrogen (secondary N) is 1. The summed E-state index contributed by atoms with van der Waals surface area (Å²) >= 11 is 2.96. The molecule has 1 aliphatic rings. The Balaban J connectivity index is 1.88. The molecule has 0 fully saturated rings. The molecule has 1 amide bonds. The summed E-state index contributed by atoms with van der Waals surface area (Å²) in [7, 11) is 0.